The van der Waals surface area contributed by atoms with E-state index in [1.54, 1.807) is 0 Å². The van der Waals surface area contributed by atoms with Crippen LogP contribution in [0.4, 0.5) is 0 Å². The molecule has 0 aromatic heterocycles. The Morgan fingerprint density at radius 2 is 1.48 bits per heavy atom. The molecule has 0 bridgehead atoms. The van der Waals surface area contributed by atoms with Crippen molar-refractivity contribution in [3.8, 4) is 0 Å². The molecule has 0 nitrogen and oxygen atoms in total. The van der Waals surface area contributed by atoms with Crippen LogP contribution in [-0.4, -0.2) is 4.86 Å². The van der Waals surface area contributed by atoms with Gasteiger partial charge in [-0.2, -0.15) is 0 Å². The molecular weight excluding hydrogens is 272 g/mol. The molecule has 0 aliphatic rings. The summed E-state index contributed by atoms with van der Waals surface area (Å²) in [5, 5.41) is 0. The van der Waals surface area contributed by atoms with Crippen molar-refractivity contribution in [2.75, 3.05) is 0 Å². The topological polar surface area (TPSA) is 0 Å². The van der Waals surface area contributed by atoms with Crippen LogP contribution in [0.5, 0.6) is 0 Å². The lowest BCUT2D eigenvalue weighted by Gasteiger charge is -2.19. The predicted molar refractivity (Wildman–Crippen MR) is 96.3 cm³/mol. The Hall–Kier alpha value is -1.47. The minimum atomic E-state index is 0.189. The summed E-state index contributed by atoms with van der Waals surface area (Å²) in [5.41, 5.74) is 5.49. The molecule has 2 aromatic carbocycles. The van der Waals surface area contributed by atoms with Crippen molar-refractivity contribution in [3.63, 3.8) is 0 Å². The van der Waals surface area contributed by atoms with Gasteiger partial charge in [-0.15, -0.1) is 0 Å². The molecule has 0 N–H and O–H groups in total. The molecule has 0 amide bonds. The SMILES string of the molecule is Cc1cccc(CC(=S)Cc2cccc(C(C)(C)C)c2)c1. The Morgan fingerprint density at radius 1 is 0.905 bits per heavy atom. The van der Waals surface area contributed by atoms with Crippen molar-refractivity contribution in [1.29, 1.82) is 0 Å². The van der Waals surface area contributed by atoms with Crippen LogP contribution in [0.1, 0.15) is 43.0 Å². The Morgan fingerprint density at radius 3 is 2.05 bits per heavy atom. The van der Waals surface area contributed by atoms with Gasteiger partial charge < -0.3 is 0 Å². The van der Waals surface area contributed by atoms with E-state index >= 15 is 0 Å². The number of hydrogen-bond acceptors (Lipinski definition) is 1. The molecule has 0 aliphatic carbocycles. The van der Waals surface area contributed by atoms with E-state index in [9.17, 15) is 0 Å². The maximum Gasteiger partial charge on any atom is 0.00417 e. The number of benzene rings is 2. The monoisotopic (exact) mass is 296 g/mol. The molecule has 0 atom stereocenters. The number of thiocarbonyl (C=S) groups is 1. The molecule has 0 saturated heterocycles. The highest BCUT2D eigenvalue weighted by molar-refractivity contribution is 7.80. The zero-order valence-electron chi connectivity index (χ0n) is 13.4. The normalized spacial score (nSPS) is 11.4. The van der Waals surface area contributed by atoms with E-state index in [1.807, 2.05) is 0 Å². The van der Waals surface area contributed by atoms with Crippen molar-refractivity contribution >= 4 is 17.1 Å². The van der Waals surface area contributed by atoms with E-state index in [0.29, 0.717) is 0 Å². The van der Waals surface area contributed by atoms with Gasteiger partial charge in [-0.05, 0) is 29.0 Å². The third-order valence-electron chi connectivity index (χ3n) is 3.68. The molecule has 0 spiro atoms. The zero-order valence-corrected chi connectivity index (χ0v) is 14.3. The quantitative estimate of drug-likeness (QED) is 0.676. The molecule has 2 rings (SSSR count). The summed E-state index contributed by atoms with van der Waals surface area (Å²) in [7, 11) is 0. The lowest BCUT2D eigenvalue weighted by molar-refractivity contribution is 0.589. The third-order valence-corrected chi connectivity index (χ3v) is 3.97. The van der Waals surface area contributed by atoms with Gasteiger partial charge >= 0.3 is 0 Å². The lowest BCUT2D eigenvalue weighted by atomic mass is 9.85. The van der Waals surface area contributed by atoms with Crippen LogP contribution < -0.4 is 0 Å². The van der Waals surface area contributed by atoms with Gasteiger partial charge in [-0.25, -0.2) is 0 Å². The molecule has 0 heterocycles. The predicted octanol–water partition coefficient (Wildman–Crippen LogP) is 5.45. The molecule has 2 aromatic rings. The van der Waals surface area contributed by atoms with Crippen molar-refractivity contribution in [2.45, 2.75) is 46.0 Å². The van der Waals surface area contributed by atoms with E-state index in [-0.39, 0.29) is 5.41 Å². The van der Waals surface area contributed by atoms with Gasteiger partial charge in [0.25, 0.3) is 0 Å². The zero-order chi connectivity index (χ0) is 15.5. The first-order valence-corrected chi connectivity index (χ1v) is 7.92. The second-order valence-electron chi connectivity index (χ2n) is 6.83. The van der Waals surface area contributed by atoms with Crippen LogP contribution in [0.15, 0.2) is 48.5 Å². The fourth-order valence-electron chi connectivity index (χ4n) is 2.49. The van der Waals surface area contributed by atoms with Gasteiger partial charge in [-0.3, -0.25) is 0 Å². The number of aryl methyl sites for hydroxylation is 1. The summed E-state index contributed by atoms with van der Waals surface area (Å²) in [4.78, 5) is 1.10. The van der Waals surface area contributed by atoms with Crippen LogP contribution in [0.2, 0.25) is 0 Å². The summed E-state index contributed by atoms with van der Waals surface area (Å²) in [6, 6.07) is 17.4. The largest absolute Gasteiger partial charge is 0.0890 e. The standard InChI is InChI=1S/C20H24S/c1-15-7-5-8-16(11-15)13-19(21)14-17-9-6-10-18(12-17)20(2,3)4/h5-12H,13-14H2,1-4H3. The molecule has 0 unspecified atom stereocenters. The highest BCUT2D eigenvalue weighted by Gasteiger charge is 2.13. The fourth-order valence-corrected chi connectivity index (χ4v) is 2.82. The summed E-state index contributed by atoms with van der Waals surface area (Å²) in [6.45, 7) is 8.87. The van der Waals surface area contributed by atoms with Crippen LogP contribution in [-0.2, 0) is 18.3 Å². The summed E-state index contributed by atoms with van der Waals surface area (Å²) >= 11 is 5.60. The van der Waals surface area contributed by atoms with Gasteiger partial charge in [0.05, 0.1) is 0 Å². The first kappa shape index (κ1) is 15.9. The van der Waals surface area contributed by atoms with Crippen LogP contribution in [0.3, 0.4) is 0 Å². The van der Waals surface area contributed by atoms with Crippen molar-refractivity contribution in [1.82, 2.24) is 0 Å². The number of hydrogen-bond donors (Lipinski definition) is 0. The van der Waals surface area contributed by atoms with Gasteiger partial charge in [0.15, 0.2) is 0 Å². The molecule has 1 heteroatoms. The Kier molecular flexibility index (Phi) is 4.95. The summed E-state index contributed by atoms with van der Waals surface area (Å²) in [6.07, 6.45) is 1.77. The smallest absolute Gasteiger partial charge is 0.00417 e. The van der Waals surface area contributed by atoms with Crippen molar-refractivity contribution in [3.05, 3.63) is 70.8 Å². The summed E-state index contributed by atoms with van der Waals surface area (Å²) in [5.74, 6) is 0. The minimum Gasteiger partial charge on any atom is -0.0890 e. The van der Waals surface area contributed by atoms with Gasteiger partial charge in [0.1, 0.15) is 0 Å². The molecule has 110 valence electrons. The average Bonchev–Trinajstić information content (AvgIpc) is 2.37. The molecule has 0 radical (unpaired) electrons. The number of rotatable bonds is 4. The highest BCUT2D eigenvalue weighted by atomic mass is 32.1. The van der Waals surface area contributed by atoms with E-state index in [2.05, 4.69) is 76.2 Å². The molecule has 0 fully saturated rings. The molecule has 21 heavy (non-hydrogen) atoms. The average molecular weight is 296 g/mol. The molecule has 0 aliphatic heterocycles. The van der Waals surface area contributed by atoms with Crippen LogP contribution in [0.25, 0.3) is 0 Å². The maximum atomic E-state index is 5.60. The lowest BCUT2D eigenvalue weighted by Crippen LogP contribution is -2.12. The maximum absolute atomic E-state index is 5.60. The Bertz CT molecular complexity index is 632. The van der Waals surface area contributed by atoms with Gasteiger partial charge in [0.2, 0.25) is 0 Å². The van der Waals surface area contributed by atoms with Crippen LogP contribution in [0, 0.1) is 6.92 Å². The fraction of sp³-hybridized carbons (Fsp3) is 0.350. The van der Waals surface area contributed by atoms with Crippen LogP contribution >= 0.6 is 12.2 Å². The van der Waals surface area contributed by atoms with E-state index < -0.39 is 0 Å². The first-order chi connectivity index (χ1) is 9.84. The first-order valence-electron chi connectivity index (χ1n) is 7.51. The second kappa shape index (κ2) is 6.53. The molecule has 0 saturated carbocycles. The van der Waals surface area contributed by atoms with Gasteiger partial charge in [-0.1, -0.05) is 87.1 Å². The minimum absolute atomic E-state index is 0.189. The Balaban J connectivity index is 2.06. The second-order valence-corrected chi connectivity index (χ2v) is 7.41. The van der Waals surface area contributed by atoms with Gasteiger partial charge in [0, 0.05) is 17.7 Å². The van der Waals surface area contributed by atoms with E-state index in [0.717, 1.165) is 17.7 Å². The van der Waals surface area contributed by atoms with Crippen molar-refractivity contribution in [2.24, 2.45) is 0 Å². The highest BCUT2D eigenvalue weighted by Crippen LogP contribution is 2.23. The van der Waals surface area contributed by atoms with Crippen molar-refractivity contribution < 1.29 is 0 Å². The van der Waals surface area contributed by atoms with E-state index in [4.69, 9.17) is 12.2 Å². The third kappa shape index (κ3) is 4.78. The summed E-state index contributed by atoms with van der Waals surface area (Å²) < 4.78 is 0. The molecular formula is C20H24S. The van der Waals surface area contributed by atoms with E-state index in [1.165, 1.54) is 22.3 Å². The Labute approximate surface area is 134 Å².